The van der Waals surface area contributed by atoms with Gasteiger partial charge < -0.3 is 30.0 Å². The molecule has 1 amide bonds. The highest BCUT2D eigenvalue weighted by Crippen LogP contribution is 2.32. The Labute approximate surface area is 215 Å². The molecule has 0 aliphatic carbocycles. The van der Waals surface area contributed by atoms with Gasteiger partial charge in [0, 0.05) is 17.5 Å². The van der Waals surface area contributed by atoms with Gasteiger partial charge in [0.25, 0.3) is 5.91 Å². The van der Waals surface area contributed by atoms with Crippen molar-refractivity contribution in [2.75, 3.05) is 58.2 Å². The number of benzene rings is 2. The quantitative estimate of drug-likeness (QED) is 0.217. The van der Waals surface area contributed by atoms with Gasteiger partial charge >= 0.3 is 0 Å². The number of carbonyl (C=O) groups is 1. The second-order valence-electron chi connectivity index (χ2n) is 7.10. The third-order valence-electron chi connectivity index (χ3n) is 4.54. The van der Waals surface area contributed by atoms with Crippen LogP contribution >= 0.6 is 23.2 Å². The normalized spacial score (nSPS) is 11.1. The monoisotopic (exact) mass is 543 g/mol. The van der Waals surface area contributed by atoms with Gasteiger partial charge in [-0.3, -0.25) is 4.79 Å². The molecule has 0 bridgehead atoms. The van der Waals surface area contributed by atoms with E-state index in [0.717, 1.165) is 6.07 Å². The molecule has 1 heterocycles. The molecule has 2 aromatic carbocycles. The van der Waals surface area contributed by atoms with E-state index in [9.17, 15) is 13.6 Å². The predicted octanol–water partition coefficient (Wildman–Crippen LogP) is 4.12. The summed E-state index contributed by atoms with van der Waals surface area (Å²) in [5, 5.41) is 3.41. The highest BCUT2D eigenvalue weighted by Gasteiger charge is 2.15. The predicted molar refractivity (Wildman–Crippen MR) is 131 cm³/mol. The standard InChI is InChI=1S/C23H23Cl2F2N4O5/c24-16-12-18(27)20(13-17(16)25)30-22-15-2-1-14(11-19(15)29-23(31-22)21(28)32)36-10-9-35-8-7-34-6-5-33-4-3-26/h2,11-13H,3-10H2,(H2,28,32)(H,29,30,31). The Balaban J connectivity index is 1.60. The first kappa shape index (κ1) is 27.8. The number of anilines is 2. The minimum Gasteiger partial charge on any atom is -0.490 e. The number of amides is 1. The van der Waals surface area contributed by atoms with Crippen LogP contribution in [0.1, 0.15) is 10.6 Å². The van der Waals surface area contributed by atoms with Crippen molar-refractivity contribution in [1.82, 2.24) is 9.97 Å². The molecule has 36 heavy (non-hydrogen) atoms. The molecular formula is C23H23Cl2F2N4O5. The van der Waals surface area contributed by atoms with Crippen LogP contribution < -0.4 is 15.8 Å². The summed E-state index contributed by atoms with van der Waals surface area (Å²) >= 11 is 11.8. The molecule has 0 fully saturated rings. The van der Waals surface area contributed by atoms with Crippen LogP contribution in [0.2, 0.25) is 10.0 Å². The van der Waals surface area contributed by atoms with E-state index in [1.807, 2.05) is 0 Å². The maximum atomic E-state index is 14.4. The lowest BCUT2D eigenvalue weighted by Crippen LogP contribution is -2.16. The van der Waals surface area contributed by atoms with Crippen molar-refractivity contribution >= 4 is 51.5 Å². The van der Waals surface area contributed by atoms with Crippen LogP contribution in [0.25, 0.3) is 10.9 Å². The fourth-order valence-corrected chi connectivity index (χ4v) is 3.20. The molecule has 3 N–H and O–H groups in total. The van der Waals surface area contributed by atoms with Crippen molar-refractivity contribution in [3.05, 3.63) is 52.0 Å². The lowest BCUT2D eigenvalue weighted by Gasteiger charge is -2.13. The van der Waals surface area contributed by atoms with Gasteiger partial charge in [-0.1, -0.05) is 23.2 Å². The van der Waals surface area contributed by atoms with Crippen LogP contribution in [0.3, 0.4) is 0 Å². The Kier molecular flexibility index (Phi) is 10.8. The first-order valence-electron chi connectivity index (χ1n) is 10.8. The molecule has 3 aromatic rings. The third kappa shape index (κ3) is 8.10. The Bertz CT molecular complexity index is 1190. The number of primary amides is 1. The zero-order chi connectivity index (χ0) is 25.9. The smallest absolute Gasteiger partial charge is 0.286 e. The largest absolute Gasteiger partial charge is 0.490 e. The fourth-order valence-electron chi connectivity index (χ4n) is 2.89. The van der Waals surface area contributed by atoms with E-state index in [0.29, 0.717) is 43.1 Å². The number of alkyl halides is 1. The van der Waals surface area contributed by atoms with E-state index in [1.54, 1.807) is 6.07 Å². The van der Waals surface area contributed by atoms with Crippen molar-refractivity contribution in [2.24, 2.45) is 5.73 Å². The molecular weight excluding hydrogens is 521 g/mol. The van der Waals surface area contributed by atoms with Crippen molar-refractivity contribution < 1.29 is 32.5 Å². The number of nitrogens with two attached hydrogens (primary N) is 1. The maximum absolute atomic E-state index is 14.4. The van der Waals surface area contributed by atoms with E-state index in [-0.39, 0.29) is 47.2 Å². The average molecular weight is 544 g/mol. The van der Waals surface area contributed by atoms with Crippen molar-refractivity contribution in [2.45, 2.75) is 0 Å². The van der Waals surface area contributed by atoms with Gasteiger partial charge in [-0.2, -0.15) is 0 Å². The highest BCUT2D eigenvalue weighted by atomic mass is 35.5. The van der Waals surface area contributed by atoms with Gasteiger partial charge in [0.05, 0.1) is 60.9 Å². The maximum Gasteiger partial charge on any atom is 0.286 e. The number of rotatable bonds is 15. The molecule has 3 rings (SSSR count). The third-order valence-corrected chi connectivity index (χ3v) is 5.26. The van der Waals surface area contributed by atoms with Gasteiger partial charge in [0.1, 0.15) is 30.7 Å². The molecule has 0 spiro atoms. The summed E-state index contributed by atoms with van der Waals surface area (Å²) in [4.78, 5) is 20.0. The van der Waals surface area contributed by atoms with E-state index in [1.165, 1.54) is 12.1 Å². The number of ether oxygens (including phenoxy) is 4. The van der Waals surface area contributed by atoms with Crippen LogP contribution in [0, 0.1) is 11.9 Å². The minimum absolute atomic E-state index is 0.00596. The fraction of sp³-hybridized carbons (Fsp3) is 0.348. The molecule has 0 atom stereocenters. The van der Waals surface area contributed by atoms with Crippen LogP contribution in [0.4, 0.5) is 20.3 Å². The van der Waals surface area contributed by atoms with Crippen molar-refractivity contribution in [1.29, 1.82) is 0 Å². The Morgan fingerprint density at radius 3 is 2.28 bits per heavy atom. The number of nitrogens with zero attached hydrogens (tertiary/aromatic N) is 2. The summed E-state index contributed by atoms with van der Waals surface area (Å²) in [6.45, 7) is 1.44. The van der Waals surface area contributed by atoms with Crippen LogP contribution in [-0.4, -0.2) is 68.8 Å². The van der Waals surface area contributed by atoms with Gasteiger partial charge in [-0.05, 0) is 18.2 Å². The lowest BCUT2D eigenvalue weighted by atomic mass is 10.2. The molecule has 1 aromatic heterocycles. The van der Waals surface area contributed by atoms with Gasteiger partial charge in [0.15, 0.2) is 0 Å². The average Bonchev–Trinajstić information content (AvgIpc) is 2.85. The Morgan fingerprint density at radius 2 is 1.61 bits per heavy atom. The number of carbonyl (C=O) groups excluding carboxylic acids is 1. The van der Waals surface area contributed by atoms with Crippen molar-refractivity contribution in [3.63, 3.8) is 0 Å². The second kappa shape index (κ2) is 14.0. The summed E-state index contributed by atoms with van der Waals surface area (Å²) < 4.78 is 47.5. The Morgan fingerprint density at radius 1 is 0.972 bits per heavy atom. The van der Waals surface area contributed by atoms with E-state index in [2.05, 4.69) is 21.4 Å². The highest BCUT2D eigenvalue weighted by molar-refractivity contribution is 6.42. The number of aromatic nitrogens is 2. The summed E-state index contributed by atoms with van der Waals surface area (Å²) in [5.41, 5.74) is 5.68. The van der Waals surface area contributed by atoms with E-state index >= 15 is 0 Å². The first-order valence-corrected chi connectivity index (χ1v) is 11.5. The molecule has 0 aliphatic rings. The zero-order valence-corrected chi connectivity index (χ0v) is 20.5. The molecule has 193 valence electrons. The molecule has 13 heteroatoms. The molecule has 0 saturated carbocycles. The minimum atomic E-state index is -0.866. The number of fused-ring (bicyclic) bond motifs is 1. The summed E-state index contributed by atoms with van der Waals surface area (Å²) in [7, 11) is 0. The van der Waals surface area contributed by atoms with E-state index in [4.69, 9.17) is 47.9 Å². The molecule has 0 unspecified atom stereocenters. The summed E-state index contributed by atoms with van der Waals surface area (Å²) in [6, 6.07) is 8.36. The van der Waals surface area contributed by atoms with Gasteiger partial charge in [-0.15, -0.1) is 0 Å². The summed E-state index contributed by atoms with van der Waals surface area (Å²) in [6.07, 6.45) is 0. The Hall–Kier alpha value is -2.83. The van der Waals surface area contributed by atoms with E-state index < -0.39 is 18.4 Å². The number of halogens is 4. The van der Waals surface area contributed by atoms with Gasteiger partial charge in [0.2, 0.25) is 5.82 Å². The zero-order valence-electron chi connectivity index (χ0n) is 19.0. The number of hydrogen-bond acceptors (Lipinski definition) is 8. The SMILES string of the molecule is NC(=O)c1nc(Nc2cc(Cl)c(Cl)cc2F)c2c[c]c(OCCOCCOCCOCCF)cc2n1. The number of nitrogens with one attached hydrogen (secondary N) is 1. The molecule has 1 radical (unpaired) electrons. The number of hydrogen-bond donors (Lipinski definition) is 2. The van der Waals surface area contributed by atoms with Crippen LogP contribution in [-0.2, 0) is 14.2 Å². The molecule has 0 saturated heterocycles. The van der Waals surface area contributed by atoms with Crippen LogP contribution in [0.5, 0.6) is 5.75 Å². The van der Waals surface area contributed by atoms with Crippen molar-refractivity contribution in [3.8, 4) is 5.75 Å². The topological polar surface area (TPSA) is 118 Å². The lowest BCUT2D eigenvalue weighted by molar-refractivity contribution is 0.00750. The summed E-state index contributed by atoms with van der Waals surface area (Å²) in [5.74, 6) is -1.35. The van der Waals surface area contributed by atoms with Gasteiger partial charge in [-0.25, -0.2) is 18.7 Å². The van der Waals surface area contributed by atoms with Crippen LogP contribution in [0.15, 0.2) is 24.3 Å². The first-order chi connectivity index (χ1) is 17.4. The second-order valence-corrected chi connectivity index (χ2v) is 7.92. The molecule has 9 nitrogen and oxygen atoms in total. The molecule has 0 aliphatic heterocycles.